The van der Waals surface area contributed by atoms with Gasteiger partial charge in [-0.25, -0.2) is 8.78 Å². The Morgan fingerprint density at radius 3 is 2.32 bits per heavy atom. The summed E-state index contributed by atoms with van der Waals surface area (Å²) >= 11 is 3.03. The minimum absolute atomic E-state index is 0.00161. The van der Waals surface area contributed by atoms with Crippen LogP contribution in [0.25, 0.3) is 11.1 Å². The molecule has 2 rings (SSSR count). The predicted molar refractivity (Wildman–Crippen MR) is 74.1 cm³/mol. The van der Waals surface area contributed by atoms with Crippen LogP contribution in [0.15, 0.2) is 40.9 Å². The number of halogens is 3. The minimum atomic E-state index is -0.644. The number of hydrogen-bond acceptors (Lipinski definition) is 1. The predicted octanol–water partition coefficient (Wildman–Crippen LogP) is 4.99. The van der Waals surface area contributed by atoms with Crippen molar-refractivity contribution in [3.63, 3.8) is 0 Å². The van der Waals surface area contributed by atoms with Crippen molar-refractivity contribution in [1.29, 1.82) is 0 Å². The Hall–Kier alpha value is -1.55. The van der Waals surface area contributed by atoms with Crippen molar-refractivity contribution < 1.29 is 13.6 Å². The molecule has 0 heterocycles. The van der Waals surface area contributed by atoms with E-state index in [4.69, 9.17) is 0 Å². The molecule has 0 unspecified atom stereocenters. The Morgan fingerprint density at radius 2 is 1.74 bits per heavy atom. The molecule has 0 aliphatic carbocycles. The van der Waals surface area contributed by atoms with E-state index in [-0.39, 0.29) is 15.8 Å². The molecule has 0 aromatic heterocycles. The van der Waals surface area contributed by atoms with Crippen molar-refractivity contribution in [3.05, 3.63) is 58.1 Å². The summed E-state index contributed by atoms with van der Waals surface area (Å²) < 4.78 is 27.8. The number of Topliss-reactive ketones (excluding diaryl/α,β-unsaturated/α-hetero) is 1. The average molecular weight is 325 g/mol. The maximum atomic E-state index is 13.9. The lowest BCUT2D eigenvalue weighted by atomic mass is 10.0. The van der Waals surface area contributed by atoms with E-state index in [1.165, 1.54) is 12.1 Å². The van der Waals surface area contributed by atoms with E-state index in [1.807, 2.05) is 0 Å². The number of hydrogen-bond donors (Lipinski definition) is 0. The van der Waals surface area contributed by atoms with Gasteiger partial charge in [-0.2, -0.15) is 0 Å². The topological polar surface area (TPSA) is 17.1 Å². The van der Waals surface area contributed by atoms with Crippen molar-refractivity contribution in [2.24, 2.45) is 0 Å². The molecule has 2 aromatic carbocycles. The summed E-state index contributed by atoms with van der Waals surface area (Å²) in [4.78, 5) is 11.5. The summed E-state index contributed by atoms with van der Waals surface area (Å²) in [5.74, 6) is -1.27. The summed E-state index contributed by atoms with van der Waals surface area (Å²) in [6, 6.07) is 8.80. The van der Waals surface area contributed by atoms with E-state index < -0.39 is 11.6 Å². The molecule has 0 bridgehead atoms. The van der Waals surface area contributed by atoms with Crippen LogP contribution in [0.5, 0.6) is 0 Å². The Labute approximate surface area is 118 Å². The fourth-order valence-electron chi connectivity index (χ4n) is 1.82. The average Bonchev–Trinajstić information content (AvgIpc) is 2.43. The van der Waals surface area contributed by atoms with Crippen LogP contribution < -0.4 is 0 Å². The Bertz CT molecular complexity index is 621. The highest BCUT2D eigenvalue weighted by molar-refractivity contribution is 9.10. The molecule has 98 valence electrons. The van der Waals surface area contributed by atoms with Crippen LogP contribution in [0.1, 0.15) is 23.7 Å². The Kier molecular flexibility index (Phi) is 4.10. The zero-order valence-electron chi connectivity index (χ0n) is 10.2. The zero-order valence-corrected chi connectivity index (χ0v) is 11.8. The maximum Gasteiger partial charge on any atom is 0.162 e. The monoisotopic (exact) mass is 324 g/mol. The van der Waals surface area contributed by atoms with Gasteiger partial charge in [0.25, 0.3) is 0 Å². The lowest BCUT2D eigenvalue weighted by molar-refractivity contribution is 0.0988. The van der Waals surface area contributed by atoms with Gasteiger partial charge in [-0.1, -0.05) is 31.2 Å². The van der Waals surface area contributed by atoms with Crippen LogP contribution in [0.2, 0.25) is 0 Å². The molecule has 0 aliphatic rings. The molecule has 0 amide bonds. The van der Waals surface area contributed by atoms with Crippen molar-refractivity contribution in [3.8, 4) is 11.1 Å². The van der Waals surface area contributed by atoms with Crippen molar-refractivity contribution in [2.45, 2.75) is 13.3 Å². The van der Waals surface area contributed by atoms with Crippen LogP contribution in [-0.2, 0) is 0 Å². The third-order valence-corrected chi connectivity index (χ3v) is 3.47. The van der Waals surface area contributed by atoms with E-state index >= 15 is 0 Å². The molecule has 4 heteroatoms. The highest BCUT2D eigenvalue weighted by Gasteiger charge is 2.14. The van der Waals surface area contributed by atoms with Crippen LogP contribution in [0.3, 0.4) is 0 Å². The number of carbonyl (C=O) groups excluding carboxylic acids is 1. The summed E-state index contributed by atoms with van der Waals surface area (Å²) in [6.45, 7) is 1.77. The van der Waals surface area contributed by atoms with Gasteiger partial charge in [-0.15, -0.1) is 0 Å². The second-order valence-electron chi connectivity index (χ2n) is 4.07. The largest absolute Gasteiger partial charge is 0.294 e. The lowest BCUT2D eigenvalue weighted by Crippen LogP contribution is -1.97. The van der Waals surface area contributed by atoms with Gasteiger partial charge in [-0.05, 0) is 33.6 Å². The standard InChI is InChI=1S/C15H11BrF2O/c1-2-13(19)9-3-5-10(6-4-9)14-12(17)8-7-11(16)15(14)18/h3-8H,2H2,1H3. The molecule has 0 radical (unpaired) electrons. The van der Waals surface area contributed by atoms with Crippen molar-refractivity contribution in [2.75, 3.05) is 0 Å². The summed E-state index contributed by atoms with van der Waals surface area (Å²) in [7, 11) is 0. The van der Waals surface area contributed by atoms with E-state index in [0.29, 0.717) is 17.5 Å². The fraction of sp³-hybridized carbons (Fsp3) is 0.133. The van der Waals surface area contributed by atoms with Crippen LogP contribution in [0.4, 0.5) is 8.78 Å². The van der Waals surface area contributed by atoms with Gasteiger partial charge in [0.2, 0.25) is 0 Å². The molecule has 0 spiro atoms. The third-order valence-electron chi connectivity index (χ3n) is 2.86. The summed E-state index contributed by atoms with van der Waals surface area (Å²) in [5.41, 5.74) is 0.857. The molecule has 0 saturated heterocycles. The second kappa shape index (κ2) is 5.61. The Morgan fingerprint density at radius 1 is 1.11 bits per heavy atom. The van der Waals surface area contributed by atoms with Gasteiger partial charge < -0.3 is 0 Å². The van der Waals surface area contributed by atoms with Gasteiger partial charge in [0.15, 0.2) is 5.78 Å². The first-order valence-electron chi connectivity index (χ1n) is 5.81. The highest BCUT2D eigenvalue weighted by Crippen LogP contribution is 2.30. The Balaban J connectivity index is 2.49. The molecular weight excluding hydrogens is 314 g/mol. The van der Waals surface area contributed by atoms with Crippen LogP contribution in [-0.4, -0.2) is 5.78 Å². The van der Waals surface area contributed by atoms with Gasteiger partial charge in [0.05, 0.1) is 10.0 Å². The SMILES string of the molecule is CCC(=O)c1ccc(-c2c(F)ccc(Br)c2F)cc1. The maximum absolute atomic E-state index is 13.9. The van der Waals surface area contributed by atoms with Crippen molar-refractivity contribution >= 4 is 21.7 Å². The quantitative estimate of drug-likeness (QED) is 0.574. The van der Waals surface area contributed by atoms with Crippen LogP contribution in [0, 0.1) is 11.6 Å². The molecule has 0 saturated carbocycles. The smallest absolute Gasteiger partial charge is 0.162 e. The third kappa shape index (κ3) is 2.73. The number of ketones is 1. The summed E-state index contributed by atoms with van der Waals surface area (Å²) in [5, 5.41) is 0. The minimum Gasteiger partial charge on any atom is -0.294 e. The van der Waals surface area contributed by atoms with E-state index in [1.54, 1.807) is 31.2 Å². The van der Waals surface area contributed by atoms with Gasteiger partial charge in [-0.3, -0.25) is 4.79 Å². The molecule has 2 aromatic rings. The normalized spacial score (nSPS) is 10.5. The first-order chi connectivity index (χ1) is 9.04. The van der Waals surface area contributed by atoms with Crippen LogP contribution >= 0.6 is 15.9 Å². The van der Waals surface area contributed by atoms with Gasteiger partial charge in [0, 0.05) is 12.0 Å². The molecule has 0 N–H and O–H groups in total. The lowest BCUT2D eigenvalue weighted by Gasteiger charge is -2.07. The first-order valence-corrected chi connectivity index (χ1v) is 6.61. The number of rotatable bonds is 3. The number of carbonyl (C=O) groups is 1. The fourth-order valence-corrected chi connectivity index (χ4v) is 2.15. The second-order valence-corrected chi connectivity index (χ2v) is 4.93. The molecule has 0 atom stereocenters. The summed E-state index contributed by atoms with van der Waals surface area (Å²) in [6.07, 6.45) is 0.402. The van der Waals surface area contributed by atoms with E-state index in [0.717, 1.165) is 0 Å². The van der Waals surface area contributed by atoms with E-state index in [2.05, 4.69) is 15.9 Å². The number of benzene rings is 2. The van der Waals surface area contributed by atoms with E-state index in [9.17, 15) is 13.6 Å². The van der Waals surface area contributed by atoms with Crippen molar-refractivity contribution in [1.82, 2.24) is 0 Å². The zero-order chi connectivity index (χ0) is 14.0. The molecule has 0 fully saturated rings. The molecule has 1 nitrogen and oxygen atoms in total. The molecular formula is C15H11BrF2O. The molecule has 19 heavy (non-hydrogen) atoms. The van der Waals surface area contributed by atoms with Gasteiger partial charge in [0.1, 0.15) is 11.6 Å². The highest BCUT2D eigenvalue weighted by atomic mass is 79.9. The molecule has 0 aliphatic heterocycles. The first kappa shape index (κ1) is 13.9. The van der Waals surface area contributed by atoms with Gasteiger partial charge >= 0.3 is 0 Å².